The monoisotopic (exact) mass is 235 g/mol. The molecule has 0 atom stereocenters. The number of hydrogen-bond acceptors (Lipinski definition) is 3. The van der Waals surface area contributed by atoms with Gasteiger partial charge in [0, 0.05) is 11.9 Å². The molecule has 1 heterocycles. The van der Waals surface area contributed by atoms with Crippen molar-refractivity contribution in [3.05, 3.63) is 53.7 Å². The van der Waals surface area contributed by atoms with E-state index in [-0.39, 0.29) is 0 Å². The van der Waals surface area contributed by atoms with E-state index in [9.17, 15) is 0 Å². The molecule has 0 unspecified atom stereocenters. The van der Waals surface area contributed by atoms with Crippen molar-refractivity contribution in [2.45, 2.75) is 18.8 Å². The van der Waals surface area contributed by atoms with Crippen molar-refractivity contribution in [1.82, 2.24) is 4.98 Å². The number of pyridine rings is 1. The van der Waals surface area contributed by atoms with Crippen LogP contribution >= 0.6 is 0 Å². The molecule has 3 nitrogen and oxygen atoms in total. The second-order valence-electron chi connectivity index (χ2n) is 4.57. The highest BCUT2D eigenvalue weighted by atomic mass is 15.0. The van der Waals surface area contributed by atoms with Gasteiger partial charge < -0.3 is 5.32 Å². The van der Waals surface area contributed by atoms with Gasteiger partial charge in [-0.25, -0.2) is 4.98 Å². The lowest BCUT2D eigenvalue weighted by Gasteiger charge is -2.06. The second kappa shape index (κ2) is 4.50. The first-order valence-corrected chi connectivity index (χ1v) is 6.08. The van der Waals surface area contributed by atoms with Crippen molar-refractivity contribution in [2.24, 2.45) is 0 Å². The molecule has 2 aromatic rings. The van der Waals surface area contributed by atoms with Crippen molar-refractivity contribution < 1.29 is 0 Å². The van der Waals surface area contributed by atoms with Crippen LogP contribution in [0.1, 0.15) is 29.9 Å². The first-order valence-electron chi connectivity index (χ1n) is 6.08. The van der Waals surface area contributed by atoms with Crippen molar-refractivity contribution >= 4 is 11.5 Å². The minimum atomic E-state index is 0.664. The Labute approximate surface area is 106 Å². The van der Waals surface area contributed by atoms with Gasteiger partial charge in [-0.05, 0) is 54.7 Å². The van der Waals surface area contributed by atoms with Gasteiger partial charge in [-0.2, -0.15) is 5.26 Å². The van der Waals surface area contributed by atoms with Crippen LogP contribution in [0.25, 0.3) is 0 Å². The zero-order chi connectivity index (χ0) is 12.4. The number of aromatic nitrogens is 1. The highest BCUT2D eigenvalue weighted by molar-refractivity contribution is 5.57. The van der Waals surface area contributed by atoms with Crippen LogP contribution in [0.2, 0.25) is 0 Å². The van der Waals surface area contributed by atoms with Crippen molar-refractivity contribution in [1.29, 1.82) is 5.26 Å². The molecule has 1 fully saturated rings. The maximum Gasteiger partial charge on any atom is 0.130 e. The van der Waals surface area contributed by atoms with Gasteiger partial charge in [-0.1, -0.05) is 6.07 Å². The zero-order valence-corrected chi connectivity index (χ0v) is 9.93. The molecule has 1 N–H and O–H groups in total. The number of rotatable bonds is 3. The molecule has 3 rings (SSSR count). The molecule has 88 valence electrons. The Bertz CT molecular complexity index is 575. The Balaban J connectivity index is 1.72. The van der Waals surface area contributed by atoms with Gasteiger partial charge in [0.15, 0.2) is 0 Å². The van der Waals surface area contributed by atoms with Gasteiger partial charge in [-0.15, -0.1) is 0 Å². The molecule has 1 aromatic heterocycles. The number of hydrogen-bond donors (Lipinski definition) is 1. The molecule has 1 aliphatic rings. The third-order valence-corrected chi connectivity index (χ3v) is 3.12. The molecule has 18 heavy (non-hydrogen) atoms. The Hall–Kier alpha value is -2.34. The summed E-state index contributed by atoms with van der Waals surface area (Å²) in [5.41, 5.74) is 2.94. The van der Waals surface area contributed by atoms with E-state index in [1.54, 1.807) is 12.1 Å². The van der Waals surface area contributed by atoms with Gasteiger partial charge in [-0.3, -0.25) is 0 Å². The van der Waals surface area contributed by atoms with Crippen LogP contribution in [0.4, 0.5) is 11.5 Å². The van der Waals surface area contributed by atoms with Crippen LogP contribution < -0.4 is 5.32 Å². The molecule has 0 saturated heterocycles. The average Bonchev–Trinajstić information content (AvgIpc) is 3.25. The van der Waals surface area contributed by atoms with Crippen LogP contribution in [0.15, 0.2) is 42.6 Å². The van der Waals surface area contributed by atoms with E-state index in [0.717, 1.165) is 17.4 Å². The fraction of sp³-hybridized carbons (Fsp3) is 0.200. The fourth-order valence-electron chi connectivity index (χ4n) is 1.91. The van der Waals surface area contributed by atoms with Crippen LogP contribution in [0.5, 0.6) is 0 Å². The Morgan fingerprint density at radius 1 is 1.11 bits per heavy atom. The van der Waals surface area contributed by atoms with Crippen LogP contribution in [0.3, 0.4) is 0 Å². The first-order chi connectivity index (χ1) is 8.85. The summed E-state index contributed by atoms with van der Waals surface area (Å²) in [4.78, 5) is 4.40. The lowest BCUT2D eigenvalue weighted by molar-refractivity contribution is 1.09. The van der Waals surface area contributed by atoms with E-state index in [4.69, 9.17) is 5.26 Å². The number of nitrogens with zero attached hydrogens (tertiary/aromatic N) is 2. The van der Waals surface area contributed by atoms with Gasteiger partial charge in [0.1, 0.15) is 5.82 Å². The molecule has 3 heteroatoms. The minimum Gasteiger partial charge on any atom is -0.340 e. The van der Waals surface area contributed by atoms with Gasteiger partial charge in [0.05, 0.1) is 11.6 Å². The highest BCUT2D eigenvalue weighted by Gasteiger charge is 2.23. The molecule has 0 spiro atoms. The summed E-state index contributed by atoms with van der Waals surface area (Å²) >= 11 is 0. The summed E-state index contributed by atoms with van der Waals surface area (Å²) in [6.45, 7) is 0. The Morgan fingerprint density at radius 2 is 1.89 bits per heavy atom. The predicted octanol–water partition coefficient (Wildman–Crippen LogP) is 3.57. The van der Waals surface area contributed by atoms with E-state index in [0.29, 0.717) is 5.56 Å². The molecular weight excluding hydrogens is 222 g/mol. The minimum absolute atomic E-state index is 0.664. The molecular formula is C15H13N3. The third-order valence-electron chi connectivity index (χ3n) is 3.12. The maximum absolute atomic E-state index is 8.72. The average molecular weight is 235 g/mol. The van der Waals surface area contributed by atoms with Gasteiger partial charge >= 0.3 is 0 Å². The summed E-state index contributed by atoms with van der Waals surface area (Å²) in [6.07, 6.45) is 4.54. The molecule has 1 saturated carbocycles. The van der Waals surface area contributed by atoms with Gasteiger partial charge in [0.2, 0.25) is 0 Å². The largest absolute Gasteiger partial charge is 0.340 e. The first kappa shape index (κ1) is 10.8. The van der Waals surface area contributed by atoms with Crippen molar-refractivity contribution in [3.8, 4) is 6.07 Å². The number of nitrogens with one attached hydrogen (secondary N) is 1. The number of nitriles is 1. The van der Waals surface area contributed by atoms with Crippen molar-refractivity contribution in [2.75, 3.05) is 5.32 Å². The SMILES string of the molecule is N#Cc1ccc(Nc2ccc(C3CC3)cn2)cc1. The Morgan fingerprint density at radius 3 is 2.44 bits per heavy atom. The second-order valence-corrected chi connectivity index (χ2v) is 4.57. The highest BCUT2D eigenvalue weighted by Crippen LogP contribution is 2.39. The van der Waals surface area contributed by atoms with E-state index in [2.05, 4.69) is 22.4 Å². The predicted molar refractivity (Wildman–Crippen MR) is 70.7 cm³/mol. The summed E-state index contributed by atoms with van der Waals surface area (Å²) < 4.78 is 0. The number of anilines is 2. The standard InChI is InChI=1S/C15H13N3/c16-9-11-1-6-14(7-2-11)18-15-8-5-13(10-17-15)12-3-4-12/h1-2,5-8,10,12H,3-4H2,(H,17,18). The zero-order valence-electron chi connectivity index (χ0n) is 9.93. The Kier molecular flexibility index (Phi) is 2.70. The quantitative estimate of drug-likeness (QED) is 0.884. The molecule has 0 bridgehead atoms. The van der Waals surface area contributed by atoms with E-state index < -0.39 is 0 Å². The molecule has 0 radical (unpaired) electrons. The number of benzene rings is 1. The normalized spacial score (nSPS) is 13.9. The summed E-state index contributed by atoms with van der Waals surface area (Å²) in [7, 11) is 0. The topological polar surface area (TPSA) is 48.7 Å². The summed E-state index contributed by atoms with van der Waals surface area (Å²) in [5, 5.41) is 11.9. The van der Waals surface area contributed by atoms with Crippen LogP contribution in [-0.4, -0.2) is 4.98 Å². The smallest absolute Gasteiger partial charge is 0.130 e. The third kappa shape index (κ3) is 2.33. The van der Waals surface area contributed by atoms with Crippen LogP contribution in [-0.2, 0) is 0 Å². The summed E-state index contributed by atoms with van der Waals surface area (Å²) in [5.74, 6) is 1.57. The van der Waals surface area contributed by atoms with Crippen LogP contribution in [0, 0.1) is 11.3 Å². The van der Waals surface area contributed by atoms with E-state index in [1.165, 1.54) is 18.4 Å². The van der Waals surface area contributed by atoms with E-state index in [1.807, 2.05) is 24.4 Å². The molecule has 0 amide bonds. The van der Waals surface area contributed by atoms with E-state index >= 15 is 0 Å². The molecule has 0 aliphatic heterocycles. The summed E-state index contributed by atoms with van der Waals surface area (Å²) in [6, 6.07) is 13.6. The lowest BCUT2D eigenvalue weighted by atomic mass is 10.2. The van der Waals surface area contributed by atoms with Gasteiger partial charge in [0.25, 0.3) is 0 Å². The lowest BCUT2D eigenvalue weighted by Crippen LogP contribution is -1.94. The fourth-order valence-corrected chi connectivity index (χ4v) is 1.91. The molecule has 1 aliphatic carbocycles. The van der Waals surface area contributed by atoms with Crippen molar-refractivity contribution in [3.63, 3.8) is 0 Å². The maximum atomic E-state index is 8.72. The molecule has 1 aromatic carbocycles.